The van der Waals surface area contributed by atoms with Crippen LogP contribution in [0.15, 0.2) is 30.3 Å². The van der Waals surface area contributed by atoms with Crippen LogP contribution in [0.2, 0.25) is 0 Å². The Bertz CT molecular complexity index is 872. The number of nitrogens with zero attached hydrogens (tertiary/aromatic N) is 4. The van der Waals surface area contributed by atoms with Crippen LogP contribution in [-0.2, 0) is 4.79 Å². The lowest BCUT2D eigenvalue weighted by Gasteiger charge is -2.33. The van der Waals surface area contributed by atoms with Gasteiger partial charge in [0.1, 0.15) is 5.75 Å². The summed E-state index contributed by atoms with van der Waals surface area (Å²) in [5.41, 5.74) is 3.20. The SMILES string of the molecule is COc1cccc(C2CCCN2C(=O)CC2CCN(c3nc(C)cc(C)n3)CC2)c1. The Morgan fingerprint density at radius 2 is 1.80 bits per heavy atom. The quantitative estimate of drug-likeness (QED) is 0.746. The van der Waals surface area contributed by atoms with E-state index in [9.17, 15) is 4.79 Å². The number of likely N-dealkylation sites (tertiary alicyclic amines) is 1. The smallest absolute Gasteiger partial charge is 0.225 e. The van der Waals surface area contributed by atoms with Crippen LogP contribution in [0.4, 0.5) is 5.95 Å². The number of carbonyl (C=O) groups is 1. The fourth-order valence-corrected chi connectivity index (χ4v) is 4.81. The number of aromatic nitrogens is 2. The Balaban J connectivity index is 1.35. The summed E-state index contributed by atoms with van der Waals surface area (Å²) in [4.78, 5) is 26.7. The van der Waals surface area contributed by atoms with Crippen molar-refractivity contribution in [2.75, 3.05) is 31.6 Å². The molecule has 160 valence electrons. The molecule has 0 saturated carbocycles. The van der Waals surface area contributed by atoms with Gasteiger partial charge >= 0.3 is 0 Å². The lowest BCUT2D eigenvalue weighted by molar-refractivity contribution is -0.133. The van der Waals surface area contributed by atoms with Gasteiger partial charge in [0.2, 0.25) is 11.9 Å². The lowest BCUT2D eigenvalue weighted by atomic mass is 9.92. The average Bonchev–Trinajstić information content (AvgIpc) is 3.24. The molecule has 0 bridgehead atoms. The van der Waals surface area contributed by atoms with E-state index in [-0.39, 0.29) is 6.04 Å². The third kappa shape index (κ3) is 4.58. The van der Waals surface area contributed by atoms with E-state index in [1.165, 1.54) is 5.56 Å². The number of aryl methyl sites for hydroxylation is 2. The summed E-state index contributed by atoms with van der Waals surface area (Å²) < 4.78 is 5.37. The van der Waals surface area contributed by atoms with Gasteiger partial charge < -0.3 is 14.5 Å². The largest absolute Gasteiger partial charge is 0.497 e. The number of hydrogen-bond acceptors (Lipinski definition) is 5. The first kappa shape index (κ1) is 20.6. The second-order valence-electron chi connectivity index (χ2n) is 8.61. The maximum Gasteiger partial charge on any atom is 0.225 e. The number of amides is 1. The number of benzene rings is 1. The molecule has 1 aromatic carbocycles. The van der Waals surface area contributed by atoms with Crippen LogP contribution in [0.25, 0.3) is 0 Å². The number of ether oxygens (including phenoxy) is 1. The van der Waals surface area contributed by atoms with Crippen LogP contribution < -0.4 is 9.64 Å². The summed E-state index contributed by atoms with van der Waals surface area (Å²) in [6.07, 6.45) is 4.76. The molecule has 0 aliphatic carbocycles. The van der Waals surface area contributed by atoms with E-state index < -0.39 is 0 Å². The summed E-state index contributed by atoms with van der Waals surface area (Å²) in [6.45, 7) is 6.72. The fraction of sp³-hybridized carbons (Fsp3) is 0.542. The van der Waals surface area contributed by atoms with Gasteiger partial charge in [0.15, 0.2) is 0 Å². The number of hydrogen-bond donors (Lipinski definition) is 0. The van der Waals surface area contributed by atoms with E-state index >= 15 is 0 Å². The van der Waals surface area contributed by atoms with Crippen LogP contribution in [0.3, 0.4) is 0 Å². The number of methoxy groups -OCH3 is 1. The Morgan fingerprint density at radius 1 is 1.07 bits per heavy atom. The van der Waals surface area contributed by atoms with Crippen LogP contribution in [-0.4, -0.2) is 47.5 Å². The predicted octanol–water partition coefficient (Wildman–Crippen LogP) is 4.07. The number of rotatable bonds is 5. The molecule has 1 aromatic heterocycles. The molecule has 2 aromatic rings. The number of piperidine rings is 1. The van der Waals surface area contributed by atoms with E-state index in [0.29, 0.717) is 18.2 Å². The van der Waals surface area contributed by atoms with Crippen molar-refractivity contribution in [2.45, 2.75) is 52.0 Å². The fourth-order valence-electron chi connectivity index (χ4n) is 4.81. The zero-order valence-corrected chi connectivity index (χ0v) is 18.3. The first-order valence-electron chi connectivity index (χ1n) is 11.0. The molecular formula is C24H32N4O2. The van der Waals surface area contributed by atoms with Crippen molar-refractivity contribution in [2.24, 2.45) is 5.92 Å². The first-order valence-corrected chi connectivity index (χ1v) is 11.0. The maximum atomic E-state index is 13.1. The zero-order valence-electron chi connectivity index (χ0n) is 18.3. The molecule has 6 nitrogen and oxygen atoms in total. The molecule has 6 heteroatoms. The molecule has 0 radical (unpaired) electrons. The summed E-state index contributed by atoms with van der Waals surface area (Å²) in [5.74, 6) is 2.41. The lowest BCUT2D eigenvalue weighted by Crippen LogP contribution is -2.38. The topological polar surface area (TPSA) is 58.6 Å². The molecule has 30 heavy (non-hydrogen) atoms. The minimum atomic E-state index is 0.177. The summed E-state index contributed by atoms with van der Waals surface area (Å²) in [5, 5.41) is 0. The van der Waals surface area contributed by atoms with E-state index in [4.69, 9.17) is 4.74 Å². The molecule has 4 rings (SSSR count). The Kier molecular flexibility index (Phi) is 6.21. The van der Waals surface area contributed by atoms with Crippen LogP contribution >= 0.6 is 0 Å². The van der Waals surface area contributed by atoms with Crippen molar-refractivity contribution in [1.82, 2.24) is 14.9 Å². The monoisotopic (exact) mass is 408 g/mol. The molecule has 1 unspecified atom stereocenters. The first-order chi connectivity index (χ1) is 14.5. The van der Waals surface area contributed by atoms with Gasteiger partial charge in [-0.05, 0) is 69.2 Å². The van der Waals surface area contributed by atoms with E-state index in [1.54, 1.807) is 7.11 Å². The average molecular weight is 409 g/mol. The van der Waals surface area contributed by atoms with Gasteiger partial charge in [-0.3, -0.25) is 4.79 Å². The third-order valence-corrected chi connectivity index (χ3v) is 6.38. The van der Waals surface area contributed by atoms with Crippen molar-refractivity contribution in [3.05, 3.63) is 47.3 Å². The van der Waals surface area contributed by atoms with Gasteiger partial charge in [-0.1, -0.05) is 12.1 Å². The van der Waals surface area contributed by atoms with Gasteiger partial charge in [0.05, 0.1) is 13.2 Å². The van der Waals surface area contributed by atoms with Crippen molar-refractivity contribution in [3.63, 3.8) is 0 Å². The van der Waals surface area contributed by atoms with E-state index in [1.807, 2.05) is 32.0 Å². The third-order valence-electron chi connectivity index (χ3n) is 6.38. The highest BCUT2D eigenvalue weighted by atomic mass is 16.5. The van der Waals surface area contributed by atoms with Gasteiger partial charge in [-0.15, -0.1) is 0 Å². The van der Waals surface area contributed by atoms with Gasteiger partial charge in [-0.2, -0.15) is 0 Å². The number of carbonyl (C=O) groups excluding carboxylic acids is 1. The molecular weight excluding hydrogens is 376 g/mol. The minimum absolute atomic E-state index is 0.177. The van der Waals surface area contributed by atoms with E-state index in [2.05, 4.69) is 31.9 Å². The summed E-state index contributed by atoms with van der Waals surface area (Å²) >= 11 is 0. The van der Waals surface area contributed by atoms with Crippen molar-refractivity contribution in [3.8, 4) is 5.75 Å². The van der Waals surface area contributed by atoms with Crippen molar-refractivity contribution >= 4 is 11.9 Å². The normalized spacial score (nSPS) is 19.9. The molecule has 2 fully saturated rings. The Labute approximate surface area is 179 Å². The van der Waals surface area contributed by atoms with Crippen LogP contribution in [0.1, 0.15) is 55.1 Å². The summed E-state index contributed by atoms with van der Waals surface area (Å²) in [7, 11) is 1.69. The Morgan fingerprint density at radius 3 is 2.50 bits per heavy atom. The van der Waals surface area contributed by atoms with Gasteiger partial charge in [0, 0.05) is 37.4 Å². The molecule has 2 aliphatic heterocycles. The second-order valence-corrected chi connectivity index (χ2v) is 8.61. The van der Waals surface area contributed by atoms with Crippen molar-refractivity contribution in [1.29, 1.82) is 0 Å². The molecule has 2 aliphatic rings. The zero-order chi connectivity index (χ0) is 21.1. The molecule has 1 amide bonds. The van der Waals surface area contributed by atoms with Gasteiger partial charge in [0.25, 0.3) is 0 Å². The van der Waals surface area contributed by atoms with Crippen LogP contribution in [0.5, 0.6) is 5.75 Å². The van der Waals surface area contributed by atoms with Crippen LogP contribution in [0, 0.1) is 19.8 Å². The highest BCUT2D eigenvalue weighted by molar-refractivity contribution is 5.77. The minimum Gasteiger partial charge on any atom is -0.497 e. The molecule has 1 atom stereocenters. The highest BCUT2D eigenvalue weighted by Crippen LogP contribution is 2.35. The summed E-state index contributed by atoms with van der Waals surface area (Å²) in [6, 6.07) is 10.3. The number of anilines is 1. The van der Waals surface area contributed by atoms with E-state index in [0.717, 1.165) is 68.4 Å². The Hall–Kier alpha value is -2.63. The highest BCUT2D eigenvalue weighted by Gasteiger charge is 2.32. The standard InChI is InChI=1S/C24H32N4O2/c1-17-14-18(2)26-24(25-17)27-12-9-19(10-13-27)15-23(29)28-11-5-8-22(28)20-6-4-7-21(16-20)30-3/h4,6-7,14,16,19,22H,5,8-13,15H2,1-3H3. The maximum absolute atomic E-state index is 13.1. The molecule has 3 heterocycles. The molecule has 0 spiro atoms. The molecule has 2 saturated heterocycles. The second kappa shape index (κ2) is 9.02. The van der Waals surface area contributed by atoms with Gasteiger partial charge in [-0.25, -0.2) is 9.97 Å². The molecule has 0 N–H and O–H groups in total. The van der Waals surface area contributed by atoms with Crippen molar-refractivity contribution < 1.29 is 9.53 Å². The predicted molar refractivity (Wildman–Crippen MR) is 118 cm³/mol.